The molecular formula is C17H19FN2O2. The Labute approximate surface area is 129 Å². The molecule has 1 atom stereocenters. The fourth-order valence-corrected chi connectivity index (χ4v) is 3.42. The van der Waals surface area contributed by atoms with Crippen molar-refractivity contribution in [1.29, 1.82) is 0 Å². The third-order valence-corrected chi connectivity index (χ3v) is 4.32. The van der Waals surface area contributed by atoms with Gasteiger partial charge in [0, 0.05) is 44.1 Å². The fraction of sp³-hybridized carbons (Fsp3) is 0.412. The molecule has 1 aliphatic heterocycles. The third kappa shape index (κ3) is 2.46. The summed E-state index contributed by atoms with van der Waals surface area (Å²) in [5, 5.41) is 3.35. The summed E-state index contributed by atoms with van der Waals surface area (Å²) in [5.41, 5.74) is 2.37. The Morgan fingerprint density at radius 2 is 1.82 bits per heavy atom. The van der Waals surface area contributed by atoms with Crippen LogP contribution in [0, 0.1) is 5.82 Å². The quantitative estimate of drug-likeness (QED) is 0.843. The minimum Gasteiger partial charge on any atom is -0.294 e. The van der Waals surface area contributed by atoms with Gasteiger partial charge in [-0.3, -0.25) is 9.59 Å². The molecule has 116 valence electrons. The van der Waals surface area contributed by atoms with E-state index in [1.54, 1.807) is 36.2 Å². The van der Waals surface area contributed by atoms with E-state index in [1.807, 2.05) is 0 Å². The SMILES string of the molecule is CN(C)N1C(=O)C[C@@H](c2ccc(F)cc2)C2=C1CCCC2=O. The maximum atomic E-state index is 13.1. The zero-order chi connectivity index (χ0) is 15.9. The summed E-state index contributed by atoms with van der Waals surface area (Å²) in [6, 6.07) is 6.10. The number of nitrogens with zero attached hydrogens (tertiary/aromatic N) is 2. The topological polar surface area (TPSA) is 40.6 Å². The molecule has 0 saturated heterocycles. The first-order valence-electron chi connectivity index (χ1n) is 7.51. The molecule has 1 amide bonds. The van der Waals surface area contributed by atoms with Crippen LogP contribution in [-0.4, -0.2) is 35.8 Å². The minimum absolute atomic E-state index is 0.0206. The van der Waals surface area contributed by atoms with Gasteiger partial charge in [0.25, 0.3) is 0 Å². The van der Waals surface area contributed by atoms with Crippen molar-refractivity contribution in [3.63, 3.8) is 0 Å². The van der Waals surface area contributed by atoms with Crippen LogP contribution in [-0.2, 0) is 9.59 Å². The molecule has 0 fully saturated rings. The molecule has 0 unspecified atom stereocenters. The molecule has 0 aromatic heterocycles. The highest BCUT2D eigenvalue weighted by Gasteiger charge is 2.39. The van der Waals surface area contributed by atoms with E-state index in [2.05, 4.69) is 0 Å². The predicted octanol–water partition coefficient (Wildman–Crippen LogP) is 2.63. The van der Waals surface area contributed by atoms with E-state index in [4.69, 9.17) is 0 Å². The molecule has 5 heteroatoms. The van der Waals surface area contributed by atoms with Crippen LogP contribution in [0.15, 0.2) is 35.5 Å². The number of carbonyl (C=O) groups is 2. The summed E-state index contributed by atoms with van der Waals surface area (Å²) in [5.74, 6) is -0.486. The highest BCUT2D eigenvalue weighted by Crippen LogP contribution is 2.41. The normalized spacial score (nSPS) is 22.4. The molecule has 3 rings (SSSR count). The van der Waals surface area contributed by atoms with Crippen molar-refractivity contribution in [2.45, 2.75) is 31.6 Å². The monoisotopic (exact) mass is 302 g/mol. The number of Topliss-reactive ketones (excluding diaryl/α,β-unsaturated/α-hetero) is 1. The smallest absolute Gasteiger partial charge is 0.242 e. The number of allylic oxidation sites excluding steroid dienone is 2. The highest BCUT2D eigenvalue weighted by molar-refractivity contribution is 6.01. The Bertz CT molecular complexity index is 649. The summed E-state index contributed by atoms with van der Waals surface area (Å²) in [6.45, 7) is 0. The van der Waals surface area contributed by atoms with Crippen LogP contribution in [0.2, 0.25) is 0 Å². The number of hydrogen-bond acceptors (Lipinski definition) is 3. The summed E-state index contributed by atoms with van der Waals surface area (Å²) >= 11 is 0. The number of amides is 1. The number of rotatable bonds is 2. The molecule has 4 nitrogen and oxygen atoms in total. The van der Waals surface area contributed by atoms with E-state index in [-0.39, 0.29) is 29.8 Å². The average molecular weight is 302 g/mol. The van der Waals surface area contributed by atoms with Crippen LogP contribution in [0.4, 0.5) is 4.39 Å². The van der Waals surface area contributed by atoms with Crippen molar-refractivity contribution in [2.75, 3.05) is 14.1 Å². The molecular weight excluding hydrogens is 283 g/mol. The van der Waals surface area contributed by atoms with Crippen LogP contribution in [0.3, 0.4) is 0 Å². The second-order valence-corrected chi connectivity index (χ2v) is 6.00. The molecule has 1 aliphatic carbocycles. The summed E-state index contributed by atoms with van der Waals surface area (Å²) in [6.07, 6.45) is 2.26. The fourth-order valence-electron chi connectivity index (χ4n) is 3.42. The van der Waals surface area contributed by atoms with Gasteiger partial charge in [-0.15, -0.1) is 0 Å². The van der Waals surface area contributed by atoms with Gasteiger partial charge >= 0.3 is 0 Å². The Balaban J connectivity index is 2.11. The van der Waals surface area contributed by atoms with Gasteiger partial charge in [-0.1, -0.05) is 12.1 Å². The number of halogens is 1. The van der Waals surface area contributed by atoms with E-state index >= 15 is 0 Å². The molecule has 0 bridgehead atoms. The van der Waals surface area contributed by atoms with Crippen molar-refractivity contribution in [3.05, 3.63) is 46.9 Å². The first-order valence-corrected chi connectivity index (χ1v) is 7.51. The molecule has 0 spiro atoms. The largest absolute Gasteiger partial charge is 0.294 e. The Kier molecular flexibility index (Phi) is 3.83. The van der Waals surface area contributed by atoms with E-state index in [0.717, 1.165) is 29.7 Å². The van der Waals surface area contributed by atoms with Gasteiger partial charge in [-0.2, -0.15) is 0 Å². The van der Waals surface area contributed by atoms with Crippen molar-refractivity contribution >= 4 is 11.7 Å². The van der Waals surface area contributed by atoms with Gasteiger partial charge in [-0.25, -0.2) is 14.4 Å². The highest BCUT2D eigenvalue weighted by atomic mass is 19.1. The van der Waals surface area contributed by atoms with Crippen LogP contribution in [0.25, 0.3) is 0 Å². The van der Waals surface area contributed by atoms with Crippen molar-refractivity contribution in [2.24, 2.45) is 0 Å². The minimum atomic E-state index is -0.315. The number of carbonyl (C=O) groups excluding carboxylic acids is 2. The van der Waals surface area contributed by atoms with Crippen LogP contribution in [0.5, 0.6) is 0 Å². The average Bonchev–Trinajstić information content (AvgIpc) is 2.46. The van der Waals surface area contributed by atoms with Gasteiger partial charge in [0.1, 0.15) is 5.82 Å². The molecule has 0 saturated carbocycles. The molecule has 1 aromatic carbocycles. The van der Waals surface area contributed by atoms with E-state index in [1.165, 1.54) is 12.1 Å². The first-order chi connectivity index (χ1) is 10.5. The zero-order valence-electron chi connectivity index (χ0n) is 12.8. The second kappa shape index (κ2) is 5.65. The van der Waals surface area contributed by atoms with Crippen LogP contribution in [0.1, 0.15) is 37.2 Å². The molecule has 0 radical (unpaired) electrons. The zero-order valence-corrected chi connectivity index (χ0v) is 12.8. The summed E-state index contributed by atoms with van der Waals surface area (Å²) in [7, 11) is 3.61. The maximum Gasteiger partial charge on any atom is 0.242 e. The van der Waals surface area contributed by atoms with E-state index < -0.39 is 0 Å². The van der Waals surface area contributed by atoms with Gasteiger partial charge < -0.3 is 0 Å². The molecule has 0 N–H and O–H groups in total. The lowest BCUT2D eigenvalue weighted by molar-refractivity contribution is -0.143. The van der Waals surface area contributed by atoms with Gasteiger partial charge in [0.15, 0.2) is 5.78 Å². The Morgan fingerprint density at radius 1 is 1.14 bits per heavy atom. The lowest BCUT2D eigenvalue weighted by Gasteiger charge is -2.41. The van der Waals surface area contributed by atoms with Crippen molar-refractivity contribution < 1.29 is 14.0 Å². The van der Waals surface area contributed by atoms with Gasteiger partial charge in [0.05, 0.1) is 0 Å². The predicted molar refractivity (Wildman–Crippen MR) is 80.2 cm³/mol. The summed E-state index contributed by atoms with van der Waals surface area (Å²) in [4.78, 5) is 25.0. The Hall–Kier alpha value is -2.01. The molecule has 22 heavy (non-hydrogen) atoms. The lowest BCUT2D eigenvalue weighted by Crippen LogP contribution is -2.47. The molecule has 1 heterocycles. The van der Waals surface area contributed by atoms with Crippen LogP contribution < -0.4 is 0 Å². The number of benzene rings is 1. The maximum absolute atomic E-state index is 13.1. The number of hydrazine groups is 1. The first kappa shape index (κ1) is 14.9. The number of hydrogen-bond donors (Lipinski definition) is 0. The van der Waals surface area contributed by atoms with E-state index in [0.29, 0.717) is 6.42 Å². The van der Waals surface area contributed by atoms with Crippen molar-refractivity contribution in [1.82, 2.24) is 10.0 Å². The number of ketones is 1. The lowest BCUT2D eigenvalue weighted by atomic mass is 9.77. The van der Waals surface area contributed by atoms with Crippen molar-refractivity contribution in [3.8, 4) is 0 Å². The molecule has 1 aromatic rings. The van der Waals surface area contributed by atoms with Gasteiger partial charge in [0.2, 0.25) is 5.91 Å². The van der Waals surface area contributed by atoms with E-state index in [9.17, 15) is 14.0 Å². The molecule has 2 aliphatic rings. The van der Waals surface area contributed by atoms with Gasteiger partial charge in [-0.05, 0) is 30.5 Å². The second-order valence-electron chi connectivity index (χ2n) is 6.00. The van der Waals surface area contributed by atoms with Crippen LogP contribution >= 0.6 is 0 Å². The third-order valence-electron chi connectivity index (χ3n) is 4.32. The Morgan fingerprint density at radius 3 is 2.45 bits per heavy atom. The standard InChI is InChI=1S/C17H19FN2O2/c1-19(2)20-14-4-3-5-15(21)17(14)13(10-16(20)22)11-6-8-12(18)9-7-11/h6-9,13H,3-5,10H2,1-2H3/t13-/m0/s1. The summed E-state index contributed by atoms with van der Waals surface area (Å²) < 4.78 is 13.1.